The molecule has 0 aliphatic heterocycles. The van der Waals surface area contributed by atoms with Gasteiger partial charge in [-0.15, -0.1) is 0 Å². The molecule has 2 rings (SSSR count). The van der Waals surface area contributed by atoms with Crippen molar-refractivity contribution in [2.24, 2.45) is 11.8 Å². The summed E-state index contributed by atoms with van der Waals surface area (Å²) in [4.78, 5) is 0. The minimum atomic E-state index is 0.630. The van der Waals surface area contributed by atoms with Gasteiger partial charge in [-0.05, 0) is 42.2 Å². The van der Waals surface area contributed by atoms with Gasteiger partial charge in [0.1, 0.15) is 0 Å². The maximum absolute atomic E-state index is 12.0. The Hall–Kier alpha value is -1.11. The van der Waals surface area contributed by atoms with Crippen molar-refractivity contribution in [3.05, 3.63) is 47.8 Å². The zero-order valence-corrected chi connectivity index (χ0v) is 14.1. The Bertz CT molecular complexity index is 424. The fourth-order valence-electron chi connectivity index (χ4n) is 3.70. The van der Waals surface area contributed by atoms with Crippen molar-refractivity contribution in [3.63, 3.8) is 0 Å². The van der Waals surface area contributed by atoms with E-state index in [2.05, 4.69) is 31.2 Å². The summed E-state index contributed by atoms with van der Waals surface area (Å²) in [6.07, 6.45) is 15.4. The summed E-state index contributed by atoms with van der Waals surface area (Å²) < 4.78 is 12.0. The summed E-state index contributed by atoms with van der Waals surface area (Å²) in [6, 6.07) is 8.70. The molecule has 1 fully saturated rings. The Morgan fingerprint density at radius 2 is 1.55 bits per heavy atom. The molecule has 1 aromatic carbocycles. The minimum absolute atomic E-state index is 0.630. The molecule has 1 aromatic rings. The Balaban J connectivity index is 1.68. The summed E-state index contributed by atoms with van der Waals surface area (Å²) >= 11 is 0. The normalized spacial score (nSPS) is 22.3. The van der Waals surface area contributed by atoms with E-state index in [1.165, 1.54) is 68.9 Å². The smallest absolute Gasteiger partial charge is 0.0830 e. The number of halogens is 1. The van der Waals surface area contributed by atoms with Crippen molar-refractivity contribution in [3.8, 4) is 0 Å². The number of hydrogen-bond acceptors (Lipinski definition) is 0. The third-order valence-corrected chi connectivity index (χ3v) is 5.24. The molecule has 1 aliphatic carbocycles. The third kappa shape index (κ3) is 5.94. The molecule has 1 saturated carbocycles. The van der Waals surface area contributed by atoms with Gasteiger partial charge in [0, 0.05) is 0 Å². The molecule has 1 aliphatic rings. The van der Waals surface area contributed by atoms with E-state index in [-0.39, 0.29) is 0 Å². The van der Waals surface area contributed by atoms with Crippen molar-refractivity contribution < 1.29 is 4.39 Å². The van der Waals surface area contributed by atoms with Crippen LogP contribution < -0.4 is 0 Å². The maximum atomic E-state index is 12.0. The molecule has 22 heavy (non-hydrogen) atoms. The van der Waals surface area contributed by atoms with Crippen LogP contribution in [0.2, 0.25) is 0 Å². The predicted molar refractivity (Wildman–Crippen MR) is 93.7 cm³/mol. The van der Waals surface area contributed by atoms with Crippen LogP contribution in [0.4, 0.5) is 4.39 Å². The van der Waals surface area contributed by atoms with Crippen molar-refractivity contribution in [2.45, 2.75) is 71.1 Å². The lowest BCUT2D eigenvalue weighted by Crippen LogP contribution is -2.15. The van der Waals surface area contributed by atoms with Gasteiger partial charge in [0.15, 0.2) is 0 Å². The van der Waals surface area contributed by atoms with Crippen molar-refractivity contribution in [1.29, 1.82) is 0 Å². The molecule has 0 spiro atoms. The van der Waals surface area contributed by atoms with E-state index < -0.39 is 0 Å². The van der Waals surface area contributed by atoms with Gasteiger partial charge < -0.3 is 0 Å². The Labute approximate surface area is 135 Å². The van der Waals surface area contributed by atoms with Crippen LogP contribution in [0.1, 0.15) is 69.4 Å². The zero-order valence-electron chi connectivity index (χ0n) is 14.1. The van der Waals surface area contributed by atoms with Crippen LogP contribution in [-0.2, 0) is 12.8 Å². The lowest BCUT2D eigenvalue weighted by Gasteiger charge is -2.28. The molecule has 0 aromatic heterocycles. The summed E-state index contributed by atoms with van der Waals surface area (Å²) in [7, 11) is 0. The maximum Gasteiger partial charge on any atom is 0.0830 e. The van der Waals surface area contributed by atoms with Crippen molar-refractivity contribution in [2.75, 3.05) is 0 Å². The zero-order chi connectivity index (χ0) is 15.6. The lowest BCUT2D eigenvalue weighted by atomic mass is 9.78. The van der Waals surface area contributed by atoms with Crippen LogP contribution in [-0.4, -0.2) is 0 Å². The molecule has 0 saturated heterocycles. The molecule has 0 amide bonds. The Kier molecular flexibility index (Phi) is 7.70. The first kappa shape index (κ1) is 17.2. The first-order valence-corrected chi connectivity index (χ1v) is 9.14. The van der Waals surface area contributed by atoms with Crippen LogP contribution >= 0.6 is 0 Å². The largest absolute Gasteiger partial charge is 0.216 e. The summed E-state index contributed by atoms with van der Waals surface area (Å²) in [6.45, 7) is 2.30. The standard InChI is InChI=1S/C21H31F/c1-2-3-5-18-7-11-20(12-8-18)15-16-21-13-9-19(10-14-21)6-4-17-22/h4,9-10,13-14,17-18,20H,2-3,5-8,11-12,15-16H2,1H3/t18-,20-. The highest BCUT2D eigenvalue weighted by Crippen LogP contribution is 2.34. The second-order valence-electron chi connectivity index (χ2n) is 6.95. The minimum Gasteiger partial charge on any atom is -0.216 e. The summed E-state index contributed by atoms with van der Waals surface area (Å²) in [5, 5.41) is 0. The molecular weight excluding hydrogens is 271 g/mol. The molecule has 0 atom stereocenters. The molecule has 122 valence electrons. The first-order chi connectivity index (χ1) is 10.8. The van der Waals surface area contributed by atoms with Crippen molar-refractivity contribution in [1.82, 2.24) is 0 Å². The fraction of sp³-hybridized carbons (Fsp3) is 0.619. The van der Waals surface area contributed by atoms with E-state index in [9.17, 15) is 4.39 Å². The number of unbranched alkanes of at least 4 members (excludes halogenated alkanes) is 1. The van der Waals surface area contributed by atoms with Gasteiger partial charge in [0.05, 0.1) is 6.33 Å². The van der Waals surface area contributed by atoms with Gasteiger partial charge in [0.25, 0.3) is 0 Å². The third-order valence-electron chi connectivity index (χ3n) is 5.24. The molecule has 0 N–H and O–H groups in total. The second-order valence-corrected chi connectivity index (χ2v) is 6.95. The fourth-order valence-corrected chi connectivity index (χ4v) is 3.70. The highest BCUT2D eigenvalue weighted by atomic mass is 19.1. The van der Waals surface area contributed by atoms with E-state index in [1.54, 1.807) is 6.08 Å². The van der Waals surface area contributed by atoms with E-state index in [4.69, 9.17) is 0 Å². The molecule has 0 bridgehead atoms. The van der Waals surface area contributed by atoms with Gasteiger partial charge in [-0.25, -0.2) is 4.39 Å². The molecule has 0 radical (unpaired) electrons. The molecule has 0 heterocycles. The topological polar surface area (TPSA) is 0 Å². The van der Waals surface area contributed by atoms with E-state index in [0.29, 0.717) is 12.8 Å². The van der Waals surface area contributed by atoms with Gasteiger partial charge in [-0.1, -0.05) is 82.2 Å². The van der Waals surface area contributed by atoms with E-state index in [1.807, 2.05) is 0 Å². The lowest BCUT2D eigenvalue weighted by molar-refractivity contribution is 0.250. The Morgan fingerprint density at radius 1 is 0.955 bits per heavy atom. The number of allylic oxidation sites excluding steroid dienone is 1. The van der Waals surface area contributed by atoms with Gasteiger partial charge in [0.2, 0.25) is 0 Å². The number of benzene rings is 1. The van der Waals surface area contributed by atoms with E-state index >= 15 is 0 Å². The van der Waals surface area contributed by atoms with Crippen LogP contribution in [0.15, 0.2) is 36.7 Å². The van der Waals surface area contributed by atoms with Crippen LogP contribution in [0.3, 0.4) is 0 Å². The molecule has 0 unspecified atom stereocenters. The van der Waals surface area contributed by atoms with Gasteiger partial charge in [-0.2, -0.15) is 0 Å². The van der Waals surface area contributed by atoms with Gasteiger partial charge >= 0.3 is 0 Å². The summed E-state index contributed by atoms with van der Waals surface area (Å²) in [5.41, 5.74) is 2.62. The molecule has 0 nitrogen and oxygen atoms in total. The highest BCUT2D eigenvalue weighted by molar-refractivity contribution is 5.24. The first-order valence-electron chi connectivity index (χ1n) is 9.14. The number of aryl methyl sites for hydroxylation is 1. The molecule has 1 heteroatoms. The average molecular weight is 302 g/mol. The van der Waals surface area contributed by atoms with Gasteiger partial charge in [-0.3, -0.25) is 0 Å². The second kappa shape index (κ2) is 9.82. The number of hydrogen-bond donors (Lipinski definition) is 0. The highest BCUT2D eigenvalue weighted by Gasteiger charge is 2.20. The molecular formula is C21H31F. The predicted octanol–water partition coefficient (Wildman–Crippen LogP) is 6.64. The van der Waals surface area contributed by atoms with E-state index in [0.717, 1.165) is 11.8 Å². The summed E-state index contributed by atoms with van der Waals surface area (Å²) in [5.74, 6) is 1.95. The van der Waals surface area contributed by atoms with Crippen molar-refractivity contribution >= 4 is 0 Å². The van der Waals surface area contributed by atoms with Crippen LogP contribution in [0.25, 0.3) is 0 Å². The Morgan fingerprint density at radius 3 is 2.14 bits per heavy atom. The quantitative estimate of drug-likeness (QED) is 0.505. The van der Waals surface area contributed by atoms with Crippen LogP contribution in [0, 0.1) is 11.8 Å². The average Bonchev–Trinajstić information content (AvgIpc) is 2.58. The SMILES string of the molecule is CCCC[C@H]1CC[C@H](CCc2ccc(CC=CF)cc2)CC1. The monoisotopic (exact) mass is 302 g/mol. The van der Waals surface area contributed by atoms with Crippen LogP contribution in [0.5, 0.6) is 0 Å². The number of rotatable bonds is 8.